The van der Waals surface area contributed by atoms with Crippen molar-refractivity contribution in [2.75, 3.05) is 11.9 Å². The third-order valence-corrected chi connectivity index (χ3v) is 4.42. The number of imidazole rings is 1. The lowest BCUT2D eigenvalue weighted by Gasteiger charge is -2.13. The highest BCUT2D eigenvalue weighted by Gasteiger charge is 2.09. The van der Waals surface area contributed by atoms with Crippen LogP contribution in [0.4, 0.5) is 5.69 Å². The zero-order valence-corrected chi connectivity index (χ0v) is 16.6. The van der Waals surface area contributed by atoms with Crippen LogP contribution in [0.5, 0.6) is 0 Å². The Morgan fingerprint density at radius 3 is 2.64 bits per heavy atom. The minimum atomic E-state index is -0.322. The molecule has 6 nitrogen and oxygen atoms in total. The van der Waals surface area contributed by atoms with Gasteiger partial charge in [0.1, 0.15) is 0 Å². The van der Waals surface area contributed by atoms with Crippen molar-refractivity contribution in [1.82, 2.24) is 14.9 Å². The average Bonchev–Trinajstić information content (AvgIpc) is 3.23. The molecule has 0 aliphatic rings. The SMILES string of the molecule is CCOC(=O)c1ccc(NC(=S)NCc2ccc(-n3ccnc3)cc2)c(C)c1. The Kier molecular flexibility index (Phi) is 6.39. The van der Waals surface area contributed by atoms with E-state index in [1.165, 1.54) is 0 Å². The van der Waals surface area contributed by atoms with Gasteiger partial charge in [0.15, 0.2) is 5.11 Å². The molecule has 0 saturated heterocycles. The summed E-state index contributed by atoms with van der Waals surface area (Å²) in [6.45, 7) is 4.67. The number of aryl methyl sites for hydroxylation is 1. The third kappa shape index (κ3) is 4.95. The first-order valence-corrected chi connectivity index (χ1v) is 9.37. The van der Waals surface area contributed by atoms with Crippen LogP contribution in [-0.2, 0) is 11.3 Å². The predicted molar refractivity (Wildman–Crippen MR) is 114 cm³/mol. The van der Waals surface area contributed by atoms with E-state index in [-0.39, 0.29) is 5.97 Å². The molecule has 0 atom stereocenters. The van der Waals surface area contributed by atoms with Gasteiger partial charge in [0.25, 0.3) is 0 Å². The van der Waals surface area contributed by atoms with E-state index in [2.05, 4.69) is 15.6 Å². The molecule has 144 valence electrons. The van der Waals surface area contributed by atoms with Crippen molar-refractivity contribution in [3.05, 3.63) is 77.9 Å². The van der Waals surface area contributed by atoms with Crippen molar-refractivity contribution in [2.45, 2.75) is 20.4 Å². The second-order valence-electron chi connectivity index (χ2n) is 6.19. The lowest BCUT2D eigenvalue weighted by Crippen LogP contribution is -2.28. The fourth-order valence-corrected chi connectivity index (χ4v) is 2.87. The summed E-state index contributed by atoms with van der Waals surface area (Å²) in [6.07, 6.45) is 5.42. The van der Waals surface area contributed by atoms with Crippen molar-refractivity contribution in [1.29, 1.82) is 0 Å². The van der Waals surface area contributed by atoms with Gasteiger partial charge >= 0.3 is 5.97 Å². The van der Waals surface area contributed by atoms with Gasteiger partial charge < -0.3 is 19.9 Å². The minimum Gasteiger partial charge on any atom is -0.462 e. The topological polar surface area (TPSA) is 68.2 Å². The maximum absolute atomic E-state index is 11.8. The summed E-state index contributed by atoms with van der Waals surface area (Å²) < 4.78 is 6.97. The van der Waals surface area contributed by atoms with E-state index in [1.54, 1.807) is 31.6 Å². The van der Waals surface area contributed by atoms with E-state index < -0.39 is 0 Å². The second-order valence-corrected chi connectivity index (χ2v) is 6.60. The molecule has 28 heavy (non-hydrogen) atoms. The van der Waals surface area contributed by atoms with Crippen LogP contribution in [0.2, 0.25) is 0 Å². The molecule has 0 saturated carbocycles. The molecule has 0 amide bonds. The van der Waals surface area contributed by atoms with Crippen molar-refractivity contribution in [3.63, 3.8) is 0 Å². The maximum Gasteiger partial charge on any atom is 0.338 e. The summed E-state index contributed by atoms with van der Waals surface area (Å²) >= 11 is 5.39. The van der Waals surface area contributed by atoms with Crippen LogP contribution in [0.3, 0.4) is 0 Å². The summed E-state index contributed by atoms with van der Waals surface area (Å²) in [7, 11) is 0. The Morgan fingerprint density at radius 1 is 1.21 bits per heavy atom. The molecule has 0 aliphatic carbocycles. The highest BCUT2D eigenvalue weighted by molar-refractivity contribution is 7.80. The van der Waals surface area contributed by atoms with Crippen LogP contribution in [0.25, 0.3) is 5.69 Å². The van der Waals surface area contributed by atoms with Gasteiger partial charge in [-0.15, -0.1) is 0 Å². The highest BCUT2D eigenvalue weighted by atomic mass is 32.1. The number of rotatable bonds is 6. The average molecular weight is 395 g/mol. The Balaban J connectivity index is 1.55. The number of thiocarbonyl (C=S) groups is 1. The summed E-state index contributed by atoms with van der Waals surface area (Å²) in [6, 6.07) is 13.5. The molecule has 1 aromatic heterocycles. The Bertz CT molecular complexity index is 953. The van der Waals surface area contributed by atoms with Crippen molar-refractivity contribution >= 4 is 29.0 Å². The van der Waals surface area contributed by atoms with Gasteiger partial charge in [-0.25, -0.2) is 9.78 Å². The number of carbonyl (C=O) groups excluding carboxylic acids is 1. The van der Waals surface area contributed by atoms with Crippen molar-refractivity contribution in [3.8, 4) is 5.69 Å². The van der Waals surface area contributed by atoms with Gasteiger partial charge in [0.05, 0.1) is 18.5 Å². The zero-order valence-electron chi connectivity index (χ0n) is 15.8. The smallest absolute Gasteiger partial charge is 0.338 e. The number of benzene rings is 2. The van der Waals surface area contributed by atoms with Crippen LogP contribution in [-0.4, -0.2) is 27.2 Å². The van der Waals surface area contributed by atoms with Gasteiger partial charge in [0.2, 0.25) is 0 Å². The normalized spacial score (nSPS) is 10.4. The summed E-state index contributed by atoms with van der Waals surface area (Å²) in [5.74, 6) is -0.322. The van der Waals surface area contributed by atoms with E-state index in [0.717, 1.165) is 22.5 Å². The molecule has 0 spiro atoms. The molecule has 2 N–H and O–H groups in total. The molecule has 0 aliphatic heterocycles. The number of esters is 1. The monoisotopic (exact) mass is 394 g/mol. The number of nitrogens with one attached hydrogen (secondary N) is 2. The van der Waals surface area contributed by atoms with Crippen LogP contribution in [0.1, 0.15) is 28.4 Å². The molecule has 0 radical (unpaired) electrons. The van der Waals surface area contributed by atoms with Crippen LogP contribution in [0.15, 0.2) is 61.2 Å². The predicted octanol–water partition coefficient (Wildman–Crippen LogP) is 3.84. The van der Waals surface area contributed by atoms with E-state index in [0.29, 0.717) is 23.8 Å². The number of hydrogen-bond donors (Lipinski definition) is 2. The zero-order chi connectivity index (χ0) is 19.9. The number of nitrogens with zero attached hydrogens (tertiary/aromatic N) is 2. The van der Waals surface area contributed by atoms with Gasteiger partial charge in [-0.3, -0.25) is 0 Å². The lowest BCUT2D eigenvalue weighted by molar-refractivity contribution is 0.0526. The minimum absolute atomic E-state index is 0.322. The van der Waals surface area contributed by atoms with Gasteiger partial charge in [-0.2, -0.15) is 0 Å². The van der Waals surface area contributed by atoms with E-state index in [1.807, 2.05) is 48.0 Å². The first-order valence-electron chi connectivity index (χ1n) is 8.96. The Hall–Kier alpha value is -3.19. The van der Waals surface area contributed by atoms with Gasteiger partial charge in [-0.05, 0) is 67.5 Å². The summed E-state index contributed by atoms with van der Waals surface area (Å²) in [5, 5.41) is 6.88. The number of aromatic nitrogens is 2. The van der Waals surface area contributed by atoms with Crippen molar-refractivity contribution < 1.29 is 9.53 Å². The highest BCUT2D eigenvalue weighted by Crippen LogP contribution is 2.17. The second kappa shape index (κ2) is 9.14. The first-order chi connectivity index (χ1) is 13.6. The summed E-state index contributed by atoms with van der Waals surface area (Å²) in [5.41, 5.74) is 4.46. The molecule has 0 bridgehead atoms. The molecule has 3 rings (SSSR count). The standard InChI is InChI=1S/C21H22N4O2S/c1-3-27-20(26)17-6-9-19(15(2)12-17)24-21(28)23-13-16-4-7-18(8-5-16)25-11-10-22-14-25/h4-12,14H,3,13H2,1-2H3,(H2,23,24,28). The largest absolute Gasteiger partial charge is 0.462 e. The fourth-order valence-electron chi connectivity index (χ4n) is 2.69. The number of hydrogen-bond acceptors (Lipinski definition) is 4. The molecule has 7 heteroatoms. The van der Waals surface area contributed by atoms with Gasteiger partial charge in [-0.1, -0.05) is 12.1 Å². The number of anilines is 1. The molecular formula is C21H22N4O2S. The van der Waals surface area contributed by atoms with Crippen molar-refractivity contribution in [2.24, 2.45) is 0 Å². The number of ether oxygens (including phenoxy) is 1. The van der Waals surface area contributed by atoms with Gasteiger partial charge in [0, 0.05) is 30.3 Å². The van der Waals surface area contributed by atoms with Crippen LogP contribution >= 0.6 is 12.2 Å². The quantitative estimate of drug-likeness (QED) is 0.489. The van der Waals surface area contributed by atoms with E-state index in [9.17, 15) is 4.79 Å². The third-order valence-electron chi connectivity index (χ3n) is 4.18. The molecule has 0 fully saturated rings. The molecule has 3 aromatic rings. The first kappa shape index (κ1) is 19.6. The molecule has 0 unspecified atom stereocenters. The number of carbonyl (C=O) groups is 1. The lowest BCUT2D eigenvalue weighted by atomic mass is 10.1. The Morgan fingerprint density at radius 2 is 2.00 bits per heavy atom. The van der Waals surface area contributed by atoms with Crippen LogP contribution in [0, 0.1) is 6.92 Å². The van der Waals surface area contributed by atoms with E-state index >= 15 is 0 Å². The van der Waals surface area contributed by atoms with E-state index in [4.69, 9.17) is 17.0 Å². The Labute approximate surface area is 169 Å². The fraction of sp³-hybridized carbons (Fsp3) is 0.190. The van der Waals surface area contributed by atoms with Crippen LogP contribution < -0.4 is 10.6 Å². The molecule has 2 aromatic carbocycles. The molecular weight excluding hydrogens is 372 g/mol. The summed E-state index contributed by atoms with van der Waals surface area (Å²) in [4.78, 5) is 15.9. The maximum atomic E-state index is 11.8. The molecule has 1 heterocycles.